The summed E-state index contributed by atoms with van der Waals surface area (Å²) in [4.78, 5) is 29.3. The summed E-state index contributed by atoms with van der Waals surface area (Å²) in [6.07, 6.45) is 5.11. The summed E-state index contributed by atoms with van der Waals surface area (Å²) in [5, 5.41) is 1.03. The van der Waals surface area contributed by atoms with Gasteiger partial charge in [0.1, 0.15) is 15.5 Å². The quantitative estimate of drug-likeness (QED) is 0.232. The van der Waals surface area contributed by atoms with Gasteiger partial charge in [-0.3, -0.25) is 4.98 Å². The number of aromatic nitrogens is 3. The van der Waals surface area contributed by atoms with Crippen molar-refractivity contribution in [2.75, 3.05) is 24.6 Å². The lowest BCUT2D eigenvalue weighted by molar-refractivity contribution is 0.0514. The van der Waals surface area contributed by atoms with E-state index in [-0.39, 0.29) is 11.3 Å². The molecule has 8 heteroatoms. The molecular weight excluding hydrogens is 456 g/mol. The number of aryl methyl sites for hydroxylation is 1. The topological polar surface area (TPSA) is 68.2 Å². The highest BCUT2D eigenvalue weighted by Gasteiger charge is 2.23. The Balaban J connectivity index is 1.55. The first-order valence-corrected chi connectivity index (χ1v) is 12.1. The van der Waals surface area contributed by atoms with Gasteiger partial charge in [0.15, 0.2) is 0 Å². The Morgan fingerprint density at radius 2 is 1.79 bits per heavy atom. The van der Waals surface area contributed by atoms with Crippen molar-refractivity contribution in [2.24, 2.45) is 0 Å². The van der Waals surface area contributed by atoms with Crippen LogP contribution in [0.3, 0.4) is 0 Å². The van der Waals surface area contributed by atoms with Crippen LogP contribution in [-0.2, 0) is 17.6 Å². The zero-order valence-corrected chi connectivity index (χ0v) is 20.2. The summed E-state index contributed by atoms with van der Waals surface area (Å²) in [6, 6.07) is 14.0. The molecule has 170 valence electrons. The summed E-state index contributed by atoms with van der Waals surface area (Å²) in [5.74, 6) is 0.409. The number of ether oxygens (including phenoxy) is 1. The summed E-state index contributed by atoms with van der Waals surface area (Å²) in [5.41, 5.74) is 3.16. The van der Waals surface area contributed by atoms with Crippen molar-refractivity contribution in [3.05, 3.63) is 81.7 Å². The minimum Gasteiger partial charge on any atom is -0.461 e. The Morgan fingerprint density at radius 3 is 2.52 bits per heavy atom. The van der Waals surface area contributed by atoms with E-state index in [4.69, 9.17) is 16.3 Å². The predicted molar refractivity (Wildman–Crippen MR) is 133 cm³/mol. The Bertz CT molecular complexity index is 1230. The van der Waals surface area contributed by atoms with Crippen molar-refractivity contribution in [3.63, 3.8) is 0 Å². The number of likely N-dealkylation sites (N-methyl/N-ethyl adjacent to an activating group) is 1. The minimum atomic E-state index is -0.340. The molecule has 3 aromatic heterocycles. The van der Waals surface area contributed by atoms with Crippen LogP contribution < -0.4 is 4.90 Å². The van der Waals surface area contributed by atoms with Gasteiger partial charge in [0.2, 0.25) is 5.28 Å². The van der Waals surface area contributed by atoms with Crippen molar-refractivity contribution in [1.82, 2.24) is 15.0 Å². The van der Waals surface area contributed by atoms with E-state index < -0.39 is 0 Å². The van der Waals surface area contributed by atoms with Crippen LogP contribution in [0.25, 0.3) is 10.2 Å². The maximum atomic E-state index is 12.9. The van der Waals surface area contributed by atoms with E-state index in [1.54, 1.807) is 12.4 Å². The fourth-order valence-corrected chi connectivity index (χ4v) is 5.00. The van der Waals surface area contributed by atoms with E-state index in [0.717, 1.165) is 41.8 Å². The number of nitrogens with zero attached hydrogens (tertiary/aromatic N) is 4. The minimum absolute atomic E-state index is 0.171. The average molecular weight is 481 g/mol. The number of hydrogen-bond acceptors (Lipinski definition) is 7. The van der Waals surface area contributed by atoms with Crippen LogP contribution in [-0.4, -0.2) is 40.6 Å². The van der Waals surface area contributed by atoms with E-state index >= 15 is 0 Å². The van der Waals surface area contributed by atoms with Gasteiger partial charge in [0.25, 0.3) is 0 Å². The smallest absolute Gasteiger partial charge is 0.348 e. The van der Waals surface area contributed by atoms with Crippen LogP contribution in [0.4, 0.5) is 5.82 Å². The Morgan fingerprint density at radius 1 is 1.06 bits per heavy atom. The molecule has 0 radical (unpaired) electrons. The number of hydrogen-bond donors (Lipinski definition) is 0. The maximum absolute atomic E-state index is 12.9. The molecule has 0 saturated carbocycles. The number of esters is 1. The number of carbonyl (C=O) groups excluding carboxylic acids is 1. The Labute approximate surface area is 202 Å². The number of pyridine rings is 1. The molecule has 0 aliphatic rings. The van der Waals surface area contributed by atoms with Gasteiger partial charge in [-0.1, -0.05) is 30.3 Å². The third-order valence-corrected chi connectivity index (χ3v) is 6.83. The van der Waals surface area contributed by atoms with Crippen molar-refractivity contribution < 1.29 is 9.53 Å². The number of carbonyl (C=O) groups is 1. The second kappa shape index (κ2) is 10.7. The molecule has 0 fully saturated rings. The van der Waals surface area contributed by atoms with Gasteiger partial charge in [0.05, 0.1) is 12.0 Å². The van der Waals surface area contributed by atoms with Crippen molar-refractivity contribution in [1.29, 1.82) is 0 Å². The SMILES string of the molecule is CCN(CCc1ccncc1)c1nc(Cl)nc2sc(C(=O)OCCc3ccccc3)c(C)c12. The molecule has 0 aliphatic carbocycles. The first kappa shape index (κ1) is 23.1. The normalized spacial score (nSPS) is 11.0. The number of rotatable bonds is 9. The molecular formula is C25H25ClN4O2S. The lowest BCUT2D eigenvalue weighted by Gasteiger charge is -2.23. The van der Waals surface area contributed by atoms with E-state index in [9.17, 15) is 4.79 Å². The maximum Gasteiger partial charge on any atom is 0.348 e. The molecule has 1 aromatic carbocycles. The third kappa shape index (κ3) is 5.49. The standard InChI is InChI=1S/C25H25ClN4O2S/c1-3-30(15-11-19-9-13-27-14-10-19)22-20-17(2)21(33-23(20)29-25(26)28-22)24(31)32-16-12-18-7-5-4-6-8-18/h4-10,13-14H,3,11-12,15-16H2,1-2H3. The van der Waals surface area contributed by atoms with Crippen LogP contribution in [0, 0.1) is 6.92 Å². The van der Waals surface area contributed by atoms with Gasteiger partial charge in [-0.2, -0.15) is 4.98 Å². The van der Waals surface area contributed by atoms with Crippen LogP contribution >= 0.6 is 22.9 Å². The van der Waals surface area contributed by atoms with E-state index in [0.29, 0.717) is 22.7 Å². The van der Waals surface area contributed by atoms with Gasteiger partial charge >= 0.3 is 5.97 Å². The molecule has 0 aliphatic heterocycles. The molecule has 0 spiro atoms. The average Bonchev–Trinajstić information content (AvgIpc) is 3.16. The van der Waals surface area contributed by atoms with Crippen LogP contribution in [0.15, 0.2) is 54.9 Å². The Kier molecular flexibility index (Phi) is 7.52. The van der Waals surface area contributed by atoms with Crippen molar-refractivity contribution in [2.45, 2.75) is 26.7 Å². The zero-order chi connectivity index (χ0) is 23.2. The fraction of sp³-hybridized carbons (Fsp3) is 0.280. The monoisotopic (exact) mass is 480 g/mol. The lowest BCUT2D eigenvalue weighted by atomic mass is 10.1. The molecule has 0 unspecified atom stereocenters. The van der Waals surface area contributed by atoms with Gasteiger partial charge in [-0.05, 0) is 60.7 Å². The first-order valence-electron chi connectivity index (χ1n) is 10.9. The number of anilines is 1. The van der Waals surface area contributed by atoms with Crippen molar-refractivity contribution in [3.8, 4) is 0 Å². The fourth-order valence-electron chi connectivity index (χ4n) is 3.72. The van der Waals surface area contributed by atoms with E-state index in [1.807, 2.05) is 49.4 Å². The van der Waals surface area contributed by atoms with E-state index in [2.05, 4.69) is 26.8 Å². The van der Waals surface area contributed by atoms with Gasteiger partial charge in [0, 0.05) is 31.9 Å². The molecule has 0 atom stereocenters. The highest BCUT2D eigenvalue weighted by molar-refractivity contribution is 7.20. The molecule has 0 N–H and O–H groups in total. The lowest BCUT2D eigenvalue weighted by Crippen LogP contribution is -2.26. The highest BCUT2D eigenvalue weighted by Crippen LogP contribution is 2.36. The zero-order valence-electron chi connectivity index (χ0n) is 18.6. The molecule has 33 heavy (non-hydrogen) atoms. The largest absolute Gasteiger partial charge is 0.461 e. The summed E-state index contributed by atoms with van der Waals surface area (Å²) in [6.45, 7) is 5.83. The molecule has 4 aromatic rings. The number of thiophene rings is 1. The molecule has 4 rings (SSSR count). The molecule has 3 heterocycles. The van der Waals surface area contributed by atoms with Crippen molar-refractivity contribution >= 4 is 44.9 Å². The second-order valence-corrected chi connectivity index (χ2v) is 8.95. The van der Waals surface area contributed by atoms with Gasteiger partial charge in [-0.25, -0.2) is 9.78 Å². The highest BCUT2D eigenvalue weighted by atomic mass is 35.5. The number of fused-ring (bicyclic) bond motifs is 1. The summed E-state index contributed by atoms with van der Waals surface area (Å²) in [7, 11) is 0. The molecule has 0 saturated heterocycles. The molecule has 0 bridgehead atoms. The second-order valence-electron chi connectivity index (χ2n) is 7.61. The molecule has 0 amide bonds. The summed E-state index contributed by atoms with van der Waals surface area (Å²) < 4.78 is 5.58. The van der Waals surface area contributed by atoms with E-state index in [1.165, 1.54) is 16.9 Å². The van der Waals surface area contributed by atoms with Crippen LogP contribution in [0.5, 0.6) is 0 Å². The molecule has 6 nitrogen and oxygen atoms in total. The summed E-state index contributed by atoms with van der Waals surface area (Å²) >= 11 is 7.57. The third-order valence-electron chi connectivity index (χ3n) is 5.50. The predicted octanol–water partition coefficient (Wildman–Crippen LogP) is 5.52. The van der Waals surface area contributed by atoms with Crippen LogP contribution in [0.2, 0.25) is 5.28 Å². The van der Waals surface area contributed by atoms with Crippen LogP contribution in [0.1, 0.15) is 33.3 Å². The number of benzene rings is 1. The van der Waals surface area contributed by atoms with Gasteiger partial charge in [-0.15, -0.1) is 11.3 Å². The Hall–Kier alpha value is -3.03. The number of halogens is 1. The van der Waals surface area contributed by atoms with Gasteiger partial charge < -0.3 is 9.64 Å². The first-order chi connectivity index (χ1) is 16.1.